The molecule has 48 heavy (non-hydrogen) atoms. The number of benzene rings is 1. The van der Waals surface area contributed by atoms with Crippen LogP contribution in [0.5, 0.6) is 17.2 Å². The van der Waals surface area contributed by atoms with Crippen LogP contribution in [0.4, 0.5) is 23.4 Å². The predicted octanol–water partition coefficient (Wildman–Crippen LogP) is 5.57. The third-order valence-electron chi connectivity index (χ3n) is 8.55. The molecule has 0 N–H and O–H groups in total. The number of piperidine rings is 1. The average Bonchev–Trinajstić information content (AvgIpc) is 3.04. The van der Waals surface area contributed by atoms with Crippen LogP contribution in [0.25, 0.3) is 0 Å². The Labute approximate surface area is 278 Å². The van der Waals surface area contributed by atoms with Crippen LogP contribution in [0.3, 0.4) is 0 Å². The second-order valence-electron chi connectivity index (χ2n) is 12.8. The maximum absolute atomic E-state index is 14.3. The van der Waals surface area contributed by atoms with E-state index < -0.39 is 30.5 Å². The standard InChI is InChI=1S/C34H43F4N7O3/c1-23(2)45(21-34(36,37)38)33(46)26-18-24(35)6-7-29(26)48-31-19-39-22-41-32(31)44-16-9-25(10-17-44)47-30-8-12-40-28-11-15-43(20-27(28)30)14-5-13-42(3)4/h6-8,12,18-19,22-23,25H,5,9-11,13-17,20-21H2,1-4H3. The summed E-state index contributed by atoms with van der Waals surface area (Å²) in [5.74, 6) is -0.347. The van der Waals surface area contributed by atoms with Crippen LogP contribution in [0.1, 0.15) is 54.7 Å². The molecule has 0 spiro atoms. The topological polar surface area (TPSA) is 87.2 Å². The van der Waals surface area contributed by atoms with E-state index in [4.69, 9.17) is 9.47 Å². The van der Waals surface area contributed by atoms with Crippen molar-refractivity contribution in [1.82, 2.24) is 29.7 Å². The molecule has 1 aromatic carbocycles. The van der Waals surface area contributed by atoms with Crippen molar-refractivity contribution in [3.8, 4) is 17.2 Å². The van der Waals surface area contributed by atoms with E-state index in [0.717, 1.165) is 68.2 Å². The summed E-state index contributed by atoms with van der Waals surface area (Å²) >= 11 is 0. The van der Waals surface area contributed by atoms with Gasteiger partial charge in [0.25, 0.3) is 5.91 Å². The highest BCUT2D eigenvalue weighted by atomic mass is 19.4. The highest BCUT2D eigenvalue weighted by molar-refractivity contribution is 5.97. The Morgan fingerprint density at radius 2 is 1.83 bits per heavy atom. The van der Waals surface area contributed by atoms with Crippen LogP contribution in [-0.4, -0.2) is 107 Å². The van der Waals surface area contributed by atoms with E-state index >= 15 is 0 Å². The molecule has 0 aliphatic carbocycles. The zero-order valence-electron chi connectivity index (χ0n) is 27.8. The smallest absolute Gasteiger partial charge is 0.406 e. The van der Waals surface area contributed by atoms with E-state index in [2.05, 4.69) is 38.8 Å². The molecule has 260 valence electrons. The lowest BCUT2D eigenvalue weighted by Gasteiger charge is -2.35. The van der Waals surface area contributed by atoms with Gasteiger partial charge >= 0.3 is 6.18 Å². The molecule has 0 atom stereocenters. The number of nitrogens with zero attached hydrogens (tertiary/aromatic N) is 7. The minimum atomic E-state index is -4.63. The van der Waals surface area contributed by atoms with E-state index in [1.54, 1.807) is 0 Å². The van der Waals surface area contributed by atoms with E-state index in [-0.39, 0.29) is 23.2 Å². The summed E-state index contributed by atoms with van der Waals surface area (Å²) in [6, 6.07) is 4.35. The molecule has 4 heterocycles. The number of pyridine rings is 1. The lowest BCUT2D eigenvalue weighted by molar-refractivity contribution is -0.143. The Morgan fingerprint density at radius 1 is 1.06 bits per heavy atom. The Morgan fingerprint density at radius 3 is 2.54 bits per heavy atom. The minimum absolute atomic E-state index is 0.0277. The van der Waals surface area contributed by atoms with Crippen molar-refractivity contribution in [3.05, 3.63) is 65.6 Å². The number of halogens is 4. The van der Waals surface area contributed by atoms with Crippen molar-refractivity contribution < 1.29 is 31.8 Å². The number of carbonyl (C=O) groups is 1. The van der Waals surface area contributed by atoms with Gasteiger partial charge in [0.1, 0.15) is 36.3 Å². The molecule has 0 saturated carbocycles. The number of fused-ring (bicyclic) bond motifs is 1. The highest BCUT2D eigenvalue weighted by Gasteiger charge is 2.36. The fraction of sp³-hybridized carbons (Fsp3) is 0.529. The van der Waals surface area contributed by atoms with E-state index in [0.29, 0.717) is 36.6 Å². The number of amides is 1. The molecule has 0 unspecified atom stereocenters. The van der Waals surface area contributed by atoms with E-state index in [1.165, 1.54) is 32.4 Å². The van der Waals surface area contributed by atoms with Crippen LogP contribution < -0.4 is 14.4 Å². The van der Waals surface area contributed by atoms with Crippen molar-refractivity contribution in [1.29, 1.82) is 0 Å². The first-order valence-electron chi connectivity index (χ1n) is 16.3. The molecule has 0 radical (unpaired) electrons. The molecule has 3 aromatic rings. The number of hydrogen-bond donors (Lipinski definition) is 0. The first-order chi connectivity index (χ1) is 22.9. The third kappa shape index (κ3) is 9.10. The van der Waals surface area contributed by atoms with Gasteiger partial charge in [-0.25, -0.2) is 14.4 Å². The Bertz CT molecular complexity index is 1550. The average molecular weight is 674 g/mol. The van der Waals surface area contributed by atoms with Crippen molar-refractivity contribution in [3.63, 3.8) is 0 Å². The summed E-state index contributed by atoms with van der Waals surface area (Å²) < 4.78 is 66.8. The second kappa shape index (κ2) is 15.5. The first-order valence-corrected chi connectivity index (χ1v) is 16.3. The largest absolute Gasteiger partial charge is 0.490 e. The number of rotatable bonds is 12. The van der Waals surface area contributed by atoms with Gasteiger partial charge < -0.3 is 24.2 Å². The fourth-order valence-corrected chi connectivity index (χ4v) is 6.08. The lowest BCUT2D eigenvalue weighted by atomic mass is 10.0. The summed E-state index contributed by atoms with van der Waals surface area (Å²) in [5, 5.41) is 0. The van der Waals surface area contributed by atoms with Crippen LogP contribution in [-0.2, 0) is 13.0 Å². The normalized spacial score (nSPS) is 15.9. The molecule has 0 bridgehead atoms. The zero-order chi connectivity index (χ0) is 34.4. The Balaban J connectivity index is 1.26. The van der Waals surface area contributed by atoms with Crippen molar-refractivity contribution in [2.75, 3.05) is 58.3 Å². The van der Waals surface area contributed by atoms with E-state index in [9.17, 15) is 22.4 Å². The van der Waals surface area contributed by atoms with Crippen LogP contribution in [0.15, 0.2) is 43.0 Å². The minimum Gasteiger partial charge on any atom is -0.490 e. The lowest BCUT2D eigenvalue weighted by Crippen LogP contribution is -2.43. The van der Waals surface area contributed by atoms with Crippen molar-refractivity contribution in [2.24, 2.45) is 0 Å². The van der Waals surface area contributed by atoms with Gasteiger partial charge in [-0.1, -0.05) is 0 Å². The van der Waals surface area contributed by atoms with Gasteiger partial charge in [-0.2, -0.15) is 13.2 Å². The van der Waals surface area contributed by atoms with Gasteiger partial charge in [0.2, 0.25) is 0 Å². The number of aromatic nitrogens is 3. The molecule has 2 aromatic heterocycles. The van der Waals surface area contributed by atoms with Crippen molar-refractivity contribution >= 4 is 11.7 Å². The molecular formula is C34H43F4N7O3. The van der Waals surface area contributed by atoms with Gasteiger partial charge in [0.05, 0.1) is 11.8 Å². The molecule has 5 rings (SSSR count). The molecule has 2 aliphatic heterocycles. The summed E-state index contributed by atoms with van der Waals surface area (Å²) in [7, 11) is 4.17. The summed E-state index contributed by atoms with van der Waals surface area (Å²) in [6.45, 7) is 6.48. The molecular weight excluding hydrogens is 630 g/mol. The summed E-state index contributed by atoms with van der Waals surface area (Å²) in [5.41, 5.74) is 1.91. The van der Waals surface area contributed by atoms with E-state index in [1.807, 2.05) is 17.2 Å². The van der Waals surface area contributed by atoms with Crippen LogP contribution in [0, 0.1) is 5.82 Å². The molecule has 1 fully saturated rings. The van der Waals surface area contributed by atoms with Gasteiger partial charge in [-0.3, -0.25) is 14.7 Å². The van der Waals surface area contributed by atoms with Gasteiger partial charge in [0, 0.05) is 68.9 Å². The molecule has 1 amide bonds. The first kappa shape index (κ1) is 35.3. The fourth-order valence-electron chi connectivity index (χ4n) is 6.08. The van der Waals surface area contributed by atoms with Gasteiger partial charge in [0.15, 0.2) is 11.6 Å². The molecule has 2 aliphatic rings. The summed E-state index contributed by atoms with van der Waals surface area (Å²) in [4.78, 5) is 33.7. The number of carbonyl (C=O) groups excluding carboxylic acids is 1. The number of hydrogen-bond acceptors (Lipinski definition) is 9. The zero-order valence-corrected chi connectivity index (χ0v) is 27.8. The third-order valence-corrected chi connectivity index (χ3v) is 8.55. The molecule has 10 nitrogen and oxygen atoms in total. The molecule has 1 saturated heterocycles. The maximum atomic E-state index is 14.3. The number of alkyl halides is 3. The van der Waals surface area contributed by atoms with Crippen molar-refractivity contribution in [2.45, 2.75) is 64.4 Å². The van der Waals surface area contributed by atoms with Crippen LogP contribution >= 0.6 is 0 Å². The quantitative estimate of drug-likeness (QED) is 0.229. The number of ether oxygens (including phenoxy) is 2. The Kier molecular flexibility index (Phi) is 11.4. The van der Waals surface area contributed by atoms with Gasteiger partial charge in [-0.05, 0) is 71.7 Å². The highest BCUT2D eigenvalue weighted by Crippen LogP contribution is 2.35. The van der Waals surface area contributed by atoms with Gasteiger partial charge in [-0.15, -0.1) is 0 Å². The summed E-state index contributed by atoms with van der Waals surface area (Å²) in [6.07, 6.45) is 3.34. The monoisotopic (exact) mass is 673 g/mol. The second-order valence-corrected chi connectivity index (χ2v) is 12.8. The molecule has 14 heteroatoms. The maximum Gasteiger partial charge on any atom is 0.406 e. The SMILES string of the molecule is CC(C)N(CC(F)(F)F)C(=O)c1cc(F)ccc1Oc1cncnc1N1CCC(Oc2ccnc3c2CN(CCCN(C)C)CC3)CC1. The van der Waals surface area contributed by atoms with Crippen LogP contribution in [0.2, 0.25) is 0 Å². The Hall–Kier alpha value is -4.04. The predicted molar refractivity (Wildman–Crippen MR) is 173 cm³/mol. The number of anilines is 1.